The number of rotatable bonds is 5. The SMILES string of the molecule is O=C(N/N=C\c1cc(N=Nc2ccccc2)ccc1O)c1cccc(Cl)c1. The van der Waals surface area contributed by atoms with Gasteiger partial charge in [-0.3, -0.25) is 4.79 Å². The maximum Gasteiger partial charge on any atom is 0.271 e. The van der Waals surface area contributed by atoms with Crippen LogP contribution in [0.2, 0.25) is 5.02 Å². The first-order chi connectivity index (χ1) is 13.1. The number of aromatic hydroxyl groups is 1. The molecule has 0 bridgehead atoms. The number of hydrazone groups is 1. The Balaban J connectivity index is 1.70. The van der Waals surface area contributed by atoms with Crippen LogP contribution >= 0.6 is 11.6 Å². The van der Waals surface area contributed by atoms with Crippen molar-refractivity contribution >= 4 is 35.1 Å². The molecule has 27 heavy (non-hydrogen) atoms. The van der Waals surface area contributed by atoms with Crippen molar-refractivity contribution in [3.8, 4) is 5.75 Å². The van der Waals surface area contributed by atoms with Crippen LogP contribution in [0, 0.1) is 0 Å². The first kappa shape index (κ1) is 18.3. The molecule has 0 unspecified atom stereocenters. The molecule has 7 heteroatoms. The fourth-order valence-electron chi connectivity index (χ4n) is 2.17. The highest BCUT2D eigenvalue weighted by molar-refractivity contribution is 6.30. The molecule has 0 aliphatic carbocycles. The molecule has 0 fully saturated rings. The van der Waals surface area contributed by atoms with E-state index < -0.39 is 5.91 Å². The Morgan fingerprint density at radius 3 is 2.48 bits per heavy atom. The maximum absolute atomic E-state index is 12.0. The van der Waals surface area contributed by atoms with Crippen molar-refractivity contribution in [1.82, 2.24) is 5.43 Å². The number of halogens is 1. The van der Waals surface area contributed by atoms with Gasteiger partial charge in [-0.15, -0.1) is 0 Å². The second-order valence-electron chi connectivity index (χ2n) is 5.49. The largest absolute Gasteiger partial charge is 0.507 e. The molecule has 0 saturated carbocycles. The summed E-state index contributed by atoms with van der Waals surface area (Å²) in [5.74, 6) is -0.400. The summed E-state index contributed by atoms with van der Waals surface area (Å²) in [5, 5.41) is 22.5. The molecule has 3 aromatic rings. The van der Waals surface area contributed by atoms with Gasteiger partial charge in [0.1, 0.15) is 5.75 Å². The number of nitrogens with one attached hydrogen (secondary N) is 1. The van der Waals surface area contributed by atoms with Crippen LogP contribution in [0.25, 0.3) is 0 Å². The molecule has 0 saturated heterocycles. The third-order valence-corrected chi connectivity index (χ3v) is 3.74. The zero-order valence-electron chi connectivity index (χ0n) is 14.1. The number of amides is 1. The summed E-state index contributed by atoms with van der Waals surface area (Å²) in [4.78, 5) is 12.0. The number of carbonyl (C=O) groups excluding carboxylic acids is 1. The van der Waals surface area contributed by atoms with Crippen LogP contribution in [0.1, 0.15) is 15.9 Å². The number of carbonyl (C=O) groups is 1. The number of azo groups is 1. The molecule has 0 spiro atoms. The lowest BCUT2D eigenvalue weighted by atomic mass is 10.2. The van der Waals surface area contributed by atoms with E-state index in [1.807, 2.05) is 30.3 Å². The van der Waals surface area contributed by atoms with Gasteiger partial charge in [-0.05, 0) is 48.5 Å². The predicted molar refractivity (Wildman–Crippen MR) is 105 cm³/mol. The van der Waals surface area contributed by atoms with Crippen LogP contribution in [0.3, 0.4) is 0 Å². The second-order valence-corrected chi connectivity index (χ2v) is 5.92. The smallest absolute Gasteiger partial charge is 0.271 e. The Kier molecular flexibility index (Phi) is 5.91. The van der Waals surface area contributed by atoms with E-state index in [-0.39, 0.29) is 5.75 Å². The van der Waals surface area contributed by atoms with E-state index in [0.717, 1.165) is 5.69 Å². The lowest BCUT2D eigenvalue weighted by Gasteiger charge is -2.02. The number of nitrogens with zero attached hydrogens (tertiary/aromatic N) is 3. The van der Waals surface area contributed by atoms with Crippen molar-refractivity contribution in [2.75, 3.05) is 0 Å². The lowest BCUT2D eigenvalue weighted by Crippen LogP contribution is -2.17. The molecule has 0 atom stereocenters. The molecule has 0 radical (unpaired) electrons. The lowest BCUT2D eigenvalue weighted by molar-refractivity contribution is 0.0955. The summed E-state index contributed by atoms with van der Waals surface area (Å²) >= 11 is 5.86. The molecule has 0 aliphatic heterocycles. The molecule has 0 aliphatic rings. The van der Waals surface area contributed by atoms with Gasteiger partial charge in [-0.25, -0.2) is 5.43 Å². The van der Waals surface area contributed by atoms with Gasteiger partial charge in [-0.2, -0.15) is 15.3 Å². The van der Waals surface area contributed by atoms with Gasteiger partial charge >= 0.3 is 0 Å². The van der Waals surface area contributed by atoms with Gasteiger partial charge < -0.3 is 5.11 Å². The molecule has 3 aromatic carbocycles. The Labute approximate surface area is 160 Å². The Bertz CT molecular complexity index is 1000. The summed E-state index contributed by atoms with van der Waals surface area (Å²) < 4.78 is 0. The van der Waals surface area contributed by atoms with Gasteiger partial charge in [0.25, 0.3) is 5.91 Å². The van der Waals surface area contributed by atoms with E-state index in [1.54, 1.807) is 30.3 Å². The average Bonchev–Trinajstić information content (AvgIpc) is 2.69. The Morgan fingerprint density at radius 2 is 1.70 bits per heavy atom. The van der Waals surface area contributed by atoms with Crippen molar-refractivity contribution in [3.05, 3.63) is 88.9 Å². The highest BCUT2D eigenvalue weighted by atomic mass is 35.5. The van der Waals surface area contributed by atoms with E-state index in [9.17, 15) is 9.90 Å². The monoisotopic (exact) mass is 378 g/mol. The quantitative estimate of drug-likeness (QED) is 0.362. The molecule has 134 valence electrons. The van der Waals surface area contributed by atoms with Crippen LogP contribution in [-0.2, 0) is 0 Å². The maximum atomic E-state index is 12.0. The van der Waals surface area contributed by atoms with Crippen LogP contribution < -0.4 is 5.43 Å². The minimum absolute atomic E-state index is 0.00872. The van der Waals surface area contributed by atoms with Gasteiger partial charge in [0.05, 0.1) is 17.6 Å². The van der Waals surface area contributed by atoms with Crippen LogP contribution in [0.15, 0.2) is 88.1 Å². The molecule has 2 N–H and O–H groups in total. The van der Waals surface area contributed by atoms with Crippen molar-refractivity contribution in [2.45, 2.75) is 0 Å². The fraction of sp³-hybridized carbons (Fsp3) is 0. The van der Waals surface area contributed by atoms with Crippen molar-refractivity contribution in [2.24, 2.45) is 15.3 Å². The standard InChI is InChI=1S/C20H15ClN4O2/c21-16-6-4-5-14(11-16)20(27)25-22-13-15-12-18(9-10-19(15)26)24-23-17-7-2-1-3-8-17/h1-13,26H,(H,25,27)/b22-13-,24-23?. The fourth-order valence-corrected chi connectivity index (χ4v) is 2.36. The summed E-state index contributed by atoms with van der Waals surface area (Å²) in [6.07, 6.45) is 1.33. The molecule has 1 amide bonds. The molecule has 3 rings (SSSR count). The number of hydrogen-bond donors (Lipinski definition) is 2. The Morgan fingerprint density at radius 1 is 0.926 bits per heavy atom. The predicted octanol–water partition coefficient (Wildman–Crippen LogP) is 5.22. The topological polar surface area (TPSA) is 86.4 Å². The first-order valence-electron chi connectivity index (χ1n) is 8.00. The molecule has 0 heterocycles. The Hall–Kier alpha value is -3.51. The third-order valence-electron chi connectivity index (χ3n) is 3.50. The van der Waals surface area contributed by atoms with Crippen LogP contribution in [-0.4, -0.2) is 17.2 Å². The normalized spacial score (nSPS) is 11.1. The van der Waals surface area contributed by atoms with Gasteiger partial charge in [0.2, 0.25) is 0 Å². The zero-order valence-corrected chi connectivity index (χ0v) is 14.8. The average molecular weight is 379 g/mol. The van der Waals surface area contributed by atoms with E-state index in [1.165, 1.54) is 18.3 Å². The number of phenols is 1. The van der Waals surface area contributed by atoms with Crippen LogP contribution in [0.4, 0.5) is 11.4 Å². The highest BCUT2D eigenvalue weighted by Gasteiger charge is 2.05. The third kappa shape index (κ3) is 5.23. The van der Waals surface area contributed by atoms with Gasteiger partial charge in [-0.1, -0.05) is 35.9 Å². The van der Waals surface area contributed by atoms with E-state index in [0.29, 0.717) is 21.8 Å². The van der Waals surface area contributed by atoms with E-state index >= 15 is 0 Å². The summed E-state index contributed by atoms with van der Waals surface area (Å²) in [6.45, 7) is 0. The van der Waals surface area contributed by atoms with Crippen LogP contribution in [0.5, 0.6) is 5.75 Å². The molecular formula is C20H15ClN4O2. The number of benzene rings is 3. The van der Waals surface area contributed by atoms with E-state index in [4.69, 9.17) is 11.6 Å². The van der Waals surface area contributed by atoms with Crippen molar-refractivity contribution in [3.63, 3.8) is 0 Å². The minimum Gasteiger partial charge on any atom is -0.507 e. The van der Waals surface area contributed by atoms with Gasteiger partial charge in [0, 0.05) is 16.1 Å². The zero-order chi connectivity index (χ0) is 19.1. The number of hydrogen-bond acceptors (Lipinski definition) is 5. The summed E-state index contributed by atoms with van der Waals surface area (Å²) in [6, 6.07) is 20.5. The van der Waals surface area contributed by atoms with E-state index in [2.05, 4.69) is 20.8 Å². The van der Waals surface area contributed by atoms with Crippen molar-refractivity contribution < 1.29 is 9.90 Å². The minimum atomic E-state index is -0.409. The number of phenolic OH excluding ortho intramolecular Hbond substituents is 1. The van der Waals surface area contributed by atoms with Gasteiger partial charge in [0.15, 0.2) is 0 Å². The highest BCUT2D eigenvalue weighted by Crippen LogP contribution is 2.24. The van der Waals surface area contributed by atoms with Crippen molar-refractivity contribution in [1.29, 1.82) is 0 Å². The first-order valence-corrected chi connectivity index (χ1v) is 8.38. The summed E-state index contributed by atoms with van der Waals surface area (Å²) in [5.41, 5.74) is 4.42. The molecule has 6 nitrogen and oxygen atoms in total. The molecule has 0 aromatic heterocycles. The summed E-state index contributed by atoms with van der Waals surface area (Å²) in [7, 11) is 0. The second kappa shape index (κ2) is 8.73. The molecular weight excluding hydrogens is 364 g/mol.